The first-order chi connectivity index (χ1) is 20.5. The van der Waals surface area contributed by atoms with Crippen LogP contribution >= 0.6 is 11.8 Å². The van der Waals surface area contributed by atoms with E-state index in [1.54, 1.807) is 30.1 Å². The number of nitrogens with zero attached hydrogens (tertiary/aromatic N) is 2. The topological polar surface area (TPSA) is 134 Å². The third-order valence-corrected chi connectivity index (χ3v) is 10.2. The summed E-state index contributed by atoms with van der Waals surface area (Å²) in [5, 5.41) is 11.5. The number of carbonyl (C=O) groups excluding carboxylic acids is 2. The lowest BCUT2D eigenvalue weighted by atomic mass is 9.97. The summed E-state index contributed by atoms with van der Waals surface area (Å²) in [5.41, 5.74) is 2.33. The fraction of sp³-hybridized carbons (Fsp3) is 0.233. The highest BCUT2D eigenvalue weighted by Gasteiger charge is 2.35. The van der Waals surface area contributed by atoms with Crippen molar-refractivity contribution in [1.82, 2.24) is 15.6 Å². The van der Waals surface area contributed by atoms with E-state index in [4.69, 9.17) is 4.42 Å². The number of hydrogen-bond donors (Lipinski definition) is 3. The Hall–Kier alpha value is -4.36. The fourth-order valence-corrected chi connectivity index (χ4v) is 6.96. The highest BCUT2D eigenvalue weighted by molar-refractivity contribution is 8.03. The first kappa shape index (κ1) is 28.7. The number of halogens is 1. The molecule has 2 aromatic heterocycles. The molecule has 3 unspecified atom stereocenters. The van der Waals surface area contributed by atoms with Crippen molar-refractivity contribution in [2.24, 2.45) is 5.92 Å². The van der Waals surface area contributed by atoms with Gasteiger partial charge in [-0.3, -0.25) is 13.9 Å². The van der Waals surface area contributed by atoms with Gasteiger partial charge in [-0.05, 0) is 47.7 Å². The molecule has 2 aliphatic rings. The Balaban J connectivity index is 1.52. The molecule has 2 aromatic carbocycles. The molecule has 0 saturated heterocycles. The Bertz CT molecular complexity index is 1920. The summed E-state index contributed by atoms with van der Waals surface area (Å²) in [6.07, 6.45) is 4.41. The molecule has 3 N–H and O–H groups in total. The molecule has 222 valence electrons. The zero-order chi connectivity index (χ0) is 30.6. The maximum Gasteiger partial charge on any atom is 0.256 e. The number of rotatable bonds is 6. The average molecular weight is 622 g/mol. The summed E-state index contributed by atoms with van der Waals surface area (Å²) in [5.74, 6) is -0.317. The minimum atomic E-state index is -3.74. The van der Waals surface area contributed by atoms with E-state index in [0.29, 0.717) is 33.5 Å². The Kier molecular flexibility index (Phi) is 7.17. The van der Waals surface area contributed by atoms with Crippen LogP contribution in [0.1, 0.15) is 27.6 Å². The van der Waals surface area contributed by atoms with Gasteiger partial charge in [-0.15, -0.1) is 11.8 Å². The summed E-state index contributed by atoms with van der Waals surface area (Å²) in [7, 11) is -0.849. The van der Waals surface area contributed by atoms with Gasteiger partial charge in [0.05, 0.1) is 28.3 Å². The molecule has 4 heterocycles. The zero-order valence-corrected chi connectivity index (χ0v) is 25.3. The number of allylic oxidation sites excluding steroid dienone is 1. The molecule has 2 aliphatic heterocycles. The summed E-state index contributed by atoms with van der Waals surface area (Å²) < 4.78 is 46.3. The van der Waals surface area contributed by atoms with E-state index in [2.05, 4.69) is 33.9 Å². The van der Waals surface area contributed by atoms with Crippen LogP contribution in [0.25, 0.3) is 33.4 Å². The lowest BCUT2D eigenvalue weighted by Gasteiger charge is -2.32. The summed E-state index contributed by atoms with van der Waals surface area (Å²) >= 11 is 1.64. The molecule has 0 saturated carbocycles. The Labute approximate surface area is 251 Å². The van der Waals surface area contributed by atoms with Crippen LogP contribution in [0.2, 0.25) is 0 Å². The third-order valence-electron chi connectivity index (χ3n) is 7.69. The number of anilines is 2. The second kappa shape index (κ2) is 10.7. The molecule has 6 rings (SSSR count). The van der Waals surface area contributed by atoms with E-state index < -0.39 is 21.7 Å². The number of hydrogen-bond acceptors (Lipinski definition) is 8. The largest absolute Gasteiger partial charge is 0.455 e. The van der Waals surface area contributed by atoms with Crippen molar-refractivity contribution < 1.29 is 26.8 Å². The summed E-state index contributed by atoms with van der Waals surface area (Å²) in [4.78, 5) is 31.0. The van der Waals surface area contributed by atoms with Gasteiger partial charge in [-0.1, -0.05) is 13.0 Å². The highest BCUT2D eigenvalue weighted by Crippen LogP contribution is 2.42. The van der Waals surface area contributed by atoms with E-state index in [1.807, 2.05) is 5.41 Å². The first-order valence-electron chi connectivity index (χ1n) is 13.4. The summed E-state index contributed by atoms with van der Waals surface area (Å²) in [6, 6.07) is 10.3. The van der Waals surface area contributed by atoms with Gasteiger partial charge >= 0.3 is 0 Å². The maximum atomic E-state index is 13.7. The fourth-order valence-electron chi connectivity index (χ4n) is 5.30. The number of sulfonamides is 1. The van der Waals surface area contributed by atoms with Crippen molar-refractivity contribution >= 4 is 56.1 Å². The average Bonchev–Trinajstić information content (AvgIpc) is 3.58. The van der Waals surface area contributed by atoms with Gasteiger partial charge < -0.3 is 20.4 Å². The minimum absolute atomic E-state index is 0.107. The van der Waals surface area contributed by atoms with Gasteiger partial charge in [-0.25, -0.2) is 17.8 Å². The van der Waals surface area contributed by atoms with Crippen LogP contribution in [0.4, 0.5) is 15.9 Å². The maximum absolute atomic E-state index is 13.7. The van der Waals surface area contributed by atoms with Crippen LogP contribution in [0.5, 0.6) is 0 Å². The molecule has 0 aliphatic carbocycles. The molecule has 0 bridgehead atoms. The standard InChI is InChI=1S/C30H28FN5O5S2/c1-15-9-10-42-26(15)28-34-27-21(29(37)35-28)11-17(14-33-27)19-12-20-23(13-22(19)36(3)43(4,39)40)41-25(24(20)30(38)32-2)16-5-7-18(31)8-6-16/h5-15,26,28H,1-4H3,(H,32,38)(H,33,34)(H,35,37). The van der Waals surface area contributed by atoms with Crippen molar-refractivity contribution in [3.05, 3.63) is 77.1 Å². The second-order valence-corrected chi connectivity index (χ2v) is 13.6. The van der Waals surface area contributed by atoms with Crippen molar-refractivity contribution in [2.45, 2.75) is 18.3 Å². The number of benzene rings is 2. The van der Waals surface area contributed by atoms with Crippen LogP contribution in [0.15, 0.2) is 64.6 Å². The van der Waals surface area contributed by atoms with Crippen LogP contribution in [-0.4, -0.2) is 57.0 Å². The third kappa shape index (κ3) is 5.12. The van der Waals surface area contributed by atoms with Crippen molar-refractivity contribution in [2.75, 3.05) is 30.0 Å². The van der Waals surface area contributed by atoms with Crippen molar-refractivity contribution in [3.8, 4) is 22.5 Å². The van der Waals surface area contributed by atoms with E-state index >= 15 is 0 Å². The van der Waals surface area contributed by atoms with E-state index in [-0.39, 0.29) is 45.8 Å². The molecule has 13 heteroatoms. The van der Waals surface area contributed by atoms with Gasteiger partial charge in [0.25, 0.3) is 11.8 Å². The van der Waals surface area contributed by atoms with Gasteiger partial charge in [0, 0.05) is 48.4 Å². The SMILES string of the molecule is CNC(=O)c1c(-c2ccc(F)cc2)oc2cc(N(C)S(C)(=O)=O)c(-c3cnc4c(c3)C(=O)NC(C3SC=CC3C)N4)cc12. The molecule has 43 heavy (non-hydrogen) atoms. The number of amides is 2. The number of thioether (sulfide) groups is 1. The molecule has 0 spiro atoms. The van der Waals surface area contributed by atoms with E-state index in [0.717, 1.165) is 10.6 Å². The van der Waals surface area contributed by atoms with Crippen LogP contribution in [-0.2, 0) is 10.0 Å². The highest BCUT2D eigenvalue weighted by atomic mass is 32.2. The minimum Gasteiger partial charge on any atom is -0.455 e. The van der Waals surface area contributed by atoms with Gasteiger partial charge in [-0.2, -0.15) is 0 Å². The molecule has 0 radical (unpaired) electrons. The molecule has 10 nitrogen and oxygen atoms in total. The lowest BCUT2D eigenvalue weighted by molar-refractivity contribution is 0.0931. The molecular formula is C30H28FN5O5S2. The molecule has 4 aromatic rings. The molecular weight excluding hydrogens is 593 g/mol. The van der Waals surface area contributed by atoms with Crippen LogP contribution < -0.4 is 20.3 Å². The zero-order valence-electron chi connectivity index (χ0n) is 23.6. The molecule has 3 atom stereocenters. The summed E-state index contributed by atoms with van der Waals surface area (Å²) in [6.45, 7) is 2.08. The predicted octanol–water partition coefficient (Wildman–Crippen LogP) is 4.80. The van der Waals surface area contributed by atoms with Gasteiger partial charge in [0.2, 0.25) is 10.0 Å². The Morgan fingerprint density at radius 2 is 1.86 bits per heavy atom. The van der Waals surface area contributed by atoms with Crippen LogP contribution in [0, 0.1) is 11.7 Å². The van der Waals surface area contributed by atoms with Gasteiger partial charge in [0.15, 0.2) is 0 Å². The number of aromatic nitrogens is 1. The number of pyridine rings is 1. The molecule has 2 amide bonds. The number of carbonyl (C=O) groups is 2. The smallest absolute Gasteiger partial charge is 0.256 e. The number of nitrogens with one attached hydrogen (secondary N) is 3. The Morgan fingerprint density at radius 3 is 2.51 bits per heavy atom. The van der Waals surface area contributed by atoms with Crippen LogP contribution in [0.3, 0.4) is 0 Å². The molecule has 0 fully saturated rings. The first-order valence-corrected chi connectivity index (χ1v) is 16.2. The van der Waals surface area contributed by atoms with Crippen molar-refractivity contribution in [1.29, 1.82) is 0 Å². The lowest BCUT2D eigenvalue weighted by Crippen LogP contribution is -2.52. The van der Waals surface area contributed by atoms with Gasteiger partial charge in [0.1, 0.15) is 29.1 Å². The van der Waals surface area contributed by atoms with Crippen molar-refractivity contribution in [3.63, 3.8) is 0 Å². The predicted molar refractivity (Wildman–Crippen MR) is 166 cm³/mol. The van der Waals surface area contributed by atoms with E-state index in [1.165, 1.54) is 44.4 Å². The monoisotopic (exact) mass is 621 g/mol. The van der Waals surface area contributed by atoms with E-state index in [9.17, 15) is 22.4 Å². The number of fused-ring (bicyclic) bond motifs is 2. The quantitative estimate of drug-likeness (QED) is 0.280. The normalized spacial score (nSPS) is 19.6. The second-order valence-electron chi connectivity index (χ2n) is 10.5. The number of furan rings is 1. The Morgan fingerprint density at radius 1 is 1.12 bits per heavy atom.